The normalized spacial score (nSPS) is 9.19. The summed E-state index contributed by atoms with van der Waals surface area (Å²) in [6.45, 7) is -4.66. The Morgan fingerprint density at radius 2 is 1.00 bits per heavy atom. The largest absolute Gasteiger partial charge is 1.20 e. The van der Waals surface area contributed by atoms with Gasteiger partial charge in [-0.2, -0.15) is 0 Å². The molecule has 0 N–H and O–H groups in total. The fraction of sp³-hybridized carbons (Fsp3) is 0.500. The Hall–Kier alpha value is -1.27. The molecule has 6 nitrogen and oxygen atoms in total. The molecule has 0 saturated heterocycles. The third kappa shape index (κ3) is 6.26. The number of carbonyl (C=O) groups excluding carboxylic acids is 3. The van der Waals surface area contributed by atoms with E-state index in [1.807, 2.05) is 0 Å². The second-order valence-corrected chi connectivity index (χ2v) is 3.44. The zero-order valence-corrected chi connectivity index (χ0v) is 8.94. The first kappa shape index (κ1) is 14.7. The van der Waals surface area contributed by atoms with Crippen molar-refractivity contribution in [1.82, 2.24) is 0 Å². The Kier molecular flexibility index (Phi) is 7.32. The molecule has 0 radical (unpaired) electrons. The minimum Gasteiger partial charge on any atom is -0.549 e. The molecule has 0 unspecified atom stereocenters. The summed E-state index contributed by atoms with van der Waals surface area (Å²) in [7, 11) is 0. The molecule has 0 saturated carbocycles. The molecule has 16 heavy (non-hydrogen) atoms. The molecule has 10 heteroatoms. The van der Waals surface area contributed by atoms with Gasteiger partial charge in [0.05, 0.1) is 0 Å². The van der Waals surface area contributed by atoms with E-state index in [1.54, 1.807) is 0 Å². The molecule has 0 amide bonds. The Morgan fingerprint density at radius 1 is 0.750 bits per heavy atom. The highest BCUT2D eigenvalue weighted by Crippen LogP contribution is 1.97. The van der Waals surface area contributed by atoms with E-state index in [9.17, 15) is 27.6 Å². The van der Waals surface area contributed by atoms with Crippen molar-refractivity contribution >= 4 is 33.1 Å². The van der Waals surface area contributed by atoms with Crippen LogP contribution in [0.5, 0.6) is 0 Å². The summed E-state index contributed by atoms with van der Waals surface area (Å²) < 4.78 is 47.3. The van der Waals surface area contributed by atoms with Gasteiger partial charge in [0, 0.05) is 0 Å². The summed E-state index contributed by atoms with van der Waals surface area (Å²) in [5.41, 5.74) is 0. The van der Waals surface area contributed by atoms with Gasteiger partial charge in [-0.15, -0.1) is 0 Å². The first-order valence-corrected chi connectivity index (χ1v) is 5.21. The predicted octanol–water partition coefficient (Wildman–Crippen LogP) is -0.491. The van der Waals surface area contributed by atoms with Crippen LogP contribution in [0.3, 0.4) is 0 Å². The predicted molar refractivity (Wildman–Crippen MR) is 42.0 cm³/mol. The van der Waals surface area contributed by atoms with Crippen molar-refractivity contribution in [2.24, 2.45) is 0 Å². The maximum absolute atomic E-state index is 11.7. The minimum atomic E-state index is -3.73. The van der Waals surface area contributed by atoms with Gasteiger partial charge in [-0.3, -0.25) is 14.4 Å². The minimum absolute atomic E-state index is 1.46. The molecule has 0 aliphatic heterocycles. The quantitative estimate of drug-likeness (QED) is 0.598. The summed E-state index contributed by atoms with van der Waals surface area (Å²) in [6, 6.07) is 0. The van der Waals surface area contributed by atoms with Crippen molar-refractivity contribution in [3.63, 3.8) is 0 Å². The molecule has 0 rings (SSSR count). The number of hydrogen-bond acceptors (Lipinski definition) is 6. The maximum Gasteiger partial charge on any atom is 1.20 e. The van der Waals surface area contributed by atoms with Crippen LogP contribution in [-0.4, -0.2) is 53.1 Å². The Balaban J connectivity index is 4.31. The van der Waals surface area contributed by atoms with E-state index in [-0.39, 0.29) is 0 Å². The highest BCUT2D eigenvalue weighted by atomic mass is 27.3. The first-order valence-electron chi connectivity index (χ1n) is 3.79. The van der Waals surface area contributed by atoms with Crippen molar-refractivity contribution in [3.8, 4) is 0 Å². The van der Waals surface area contributed by atoms with E-state index < -0.39 is 53.1 Å². The smallest absolute Gasteiger partial charge is 0.549 e. The van der Waals surface area contributed by atoms with Crippen LogP contribution < -0.4 is 0 Å². The number of halogens is 3. The number of hydrogen-bond donors (Lipinski definition) is 0. The molecule has 0 atom stereocenters. The van der Waals surface area contributed by atoms with Crippen LogP contribution in [0.25, 0.3) is 0 Å². The SMILES string of the molecule is O=C(CF)[O][Al]([O]C(=O)CF)[O]C(=O)CF. The van der Waals surface area contributed by atoms with Gasteiger partial charge < -0.3 is 11.4 Å². The average molecular weight is 258 g/mol. The second kappa shape index (κ2) is 7.95. The zero-order chi connectivity index (χ0) is 12.6. The zero-order valence-electron chi connectivity index (χ0n) is 7.78. The van der Waals surface area contributed by atoms with E-state index >= 15 is 0 Å². The third-order valence-corrected chi connectivity index (χ3v) is 2.38. The molecule has 0 aliphatic rings. The average Bonchev–Trinajstić information content (AvgIpc) is 2.28. The van der Waals surface area contributed by atoms with Crippen molar-refractivity contribution in [1.29, 1.82) is 0 Å². The van der Waals surface area contributed by atoms with Gasteiger partial charge in [0.2, 0.25) is 0 Å². The molecular formula is C6H6AlF3O6. The van der Waals surface area contributed by atoms with Gasteiger partial charge in [0.1, 0.15) is 0 Å². The van der Waals surface area contributed by atoms with Crippen LogP contribution in [0.4, 0.5) is 13.2 Å². The number of rotatable bonds is 6. The molecule has 0 spiro atoms. The van der Waals surface area contributed by atoms with Crippen molar-refractivity contribution < 1.29 is 38.9 Å². The van der Waals surface area contributed by atoms with Crippen molar-refractivity contribution in [2.45, 2.75) is 0 Å². The lowest BCUT2D eigenvalue weighted by atomic mass is 10.8. The fourth-order valence-electron chi connectivity index (χ4n) is 0.489. The molecular weight excluding hydrogens is 252 g/mol. The summed E-state index contributed by atoms with van der Waals surface area (Å²) in [4.78, 5) is 31.3. The van der Waals surface area contributed by atoms with Crippen LogP contribution in [0.2, 0.25) is 0 Å². The van der Waals surface area contributed by atoms with E-state index in [0.717, 1.165) is 0 Å². The van der Waals surface area contributed by atoms with Crippen LogP contribution in [0.15, 0.2) is 0 Å². The van der Waals surface area contributed by atoms with Crippen molar-refractivity contribution in [2.75, 3.05) is 20.0 Å². The van der Waals surface area contributed by atoms with E-state index in [1.165, 1.54) is 0 Å². The van der Waals surface area contributed by atoms with E-state index in [2.05, 4.69) is 11.4 Å². The molecule has 90 valence electrons. The second-order valence-electron chi connectivity index (χ2n) is 2.16. The van der Waals surface area contributed by atoms with Gasteiger partial charge in [-0.05, 0) is 0 Å². The lowest BCUT2D eigenvalue weighted by Crippen LogP contribution is -2.36. The lowest BCUT2D eigenvalue weighted by molar-refractivity contribution is -0.149. The van der Waals surface area contributed by atoms with Gasteiger partial charge in [0.25, 0.3) is 0 Å². The number of alkyl halides is 3. The Bertz CT molecular complexity index is 230. The Morgan fingerprint density at radius 3 is 1.19 bits per heavy atom. The molecule has 0 aromatic heterocycles. The van der Waals surface area contributed by atoms with E-state index in [4.69, 9.17) is 0 Å². The molecule has 0 fully saturated rings. The number of carbonyl (C=O) groups is 3. The summed E-state index contributed by atoms with van der Waals surface area (Å²) >= 11 is -3.73. The highest BCUT2D eigenvalue weighted by molar-refractivity contribution is 6.44. The third-order valence-electron chi connectivity index (χ3n) is 1.01. The highest BCUT2D eigenvalue weighted by Gasteiger charge is 2.49. The molecule has 0 aromatic rings. The first-order chi connectivity index (χ1) is 7.53. The fourth-order valence-corrected chi connectivity index (χ4v) is 1.47. The van der Waals surface area contributed by atoms with Crippen LogP contribution in [-0.2, 0) is 25.7 Å². The van der Waals surface area contributed by atoms with Crippen LogP contribution in [0.1, 0.15) is 0 Å². The maximum atomic E-state index is 11.7. The summed E-state index contributed by atoms with van der Waals surface area (Å²) in [5.74, 6) is -4.39. The van der Waals surface area contributed by atoms with Gasteiger partial charge in [-0.25, -0.2) is 13.2 Å². The monoisotopic (exact) mass is 258 g/mol. The summed E-state index contributed by atoms with van der Waals surface area (Å²) in [6.07, 6.45) is 0. The van der Waals surface area contributed by atoms with Gasteiger partial charge in [0.15, 0.2) is 20.0 Å². The molecule has 0 aliphatic carbocycles. The lowest BCUT2D eigenvalue weighted by Gasteiger charge is -2.10. The molecule has 0 heterocycles. The standard InChI is InChI=1S/3C2H3FO2.Al/c3*3-1-2(4)5;/h3*1H2,(H,4,5);/q;;;+3/p-3. The van der Waals surface area contributed by atoms with Gasteiger partial charge in [-0.1, -0.05) is 0 Å². The van der Waals surface area contributed by atoms with Crippen molar-refractivity contribution in [3.05, 3.63) is 0 Å². The van der Waals surface area contributed by atoms with E-state index in [0.29, 0.717) is 0 Å². The molecule has 0 bridgehead atoms. The molecule has 0 aromatic carbocycles. The van der Waals surface area contributed by atoms with Crippen LogP contribution >= 0.6 is 0 Å². The van der Waals surface area contributed by atoms with Gasteiger partial charge >= 0.3 is 33.1 Å². The topological polar surface area (TPSA) is 78.9 Å². The Labute approximate surface area is 92.6 Å². The summed E-state index contributed by atoms with van der Waals surface area (Å²) in [5, 5.41) is 0. The van der Waals surface area contributed by atoms with Crippen LogP contribution in [0, 0.1) is 0 Å².